The molecule has 3 heterocycles. The highest BCUT2D eigenvalue weighted by molar-refractivity contribution is 6.31. The lowest BCUT2D eigenvalue weighted by Crippen LogP contribution is -2.41. The van der Waals surface area contributed by atoms with Gasteiger partial charge in [0.05, 0.1) is 11.4 Å². The molecule has 1 unspecified atom stereocenters. The highest BCUT2D eigenvalue weighted by Gasteiger charge is 2.27. The molecule has 0 saturated carbocycles. The number of nitrogens with zero attached hydrogens (tertiary/aromatic N) is 3. The fourth-order valence-electron chi connectivity index (χ4n) is 3.25. The van der Waals surface area contributed by atoms with Crippen molar-refractivity contribution in [2.45, 2.75) is 12.8 Å². The van der Waals surface area contributed by atoms with E-state index >= 15 is 0 Å². The van der Waals surface area contributed by atoms with E-state index in [1.807, 2.05) is 24.3 Å². The predicted molar refractivity (Wildman–Crippen MR) is 98.9 cm³/mol. The number of carbonyl (C=O) groups excluding carboxylic acids is 1. The van der Waals surface area contributed by atoms with Crippen LogP contribution in [0.25, 0.3) is 10.9 Å². The number of H-pyrrole nitrogens is 1. The summed E-state index contributed by atoms with van der Waals surface area (Å²) in [6, 6.07) is 11.3. The summed E-state index contributed by atoms with van der Waals surface area (Å²) in [5.41, 5.74) is 0.807. The Hall–Kier alpha value is -2.60. The number of halogens is 1. The molecule has 1 saturated heterocycles. The molecule has 4 rings (SSSR count). The Morgan fingerprint density at radius 1 is 1.32 bits per heavy atom. The maximum absolute atomic E-state index is 12.7. The Morgan fingerprint density at radius 2 is 2.24 bits per heavy atom. The van der Waals surface area contributed by atoms with Gasteiger partial charge in [-0.15, -0.1) is 0 Å². The minimum absolute atomic E-state index is 0.0102. The van der Waals surface area contributed by atoms with Gasteiger partial charge in [0.2, 0.25) is 5.91 Å². The number of anilines is 2. The zero-order chi connectivity index (χ0) is 17.2. The van der Waals surface area contributed by atoms with Crippen LogP contribution in [0.1, 0.15) is 12.8 Å². The molecule has 2 N–H and O–H groups in total. The van der Waals surface area contributed by atoms with Gasteiger partial charge < -0.3 is 10.2 Å². The highest BCUT2D eigenvalue weighted by Crippen LogP contribution is 2.26. The second kappa shape index (κ2) is 6.72. The molecule has 1 aromatic carbocycles. The van der Waals surface area contributed by atoms with Crippen molar-refractivity contribution in [1.29, 1.82) is 0 Å². The number of rotatable bonds is 3. The van der Waals surface area contributed by atoms with Crippen LogP contribution in [-0.2, 0) is 4.79 Å². The molecule has 1 fully saturated rings. The van der Waals surface area contributed by atoms with Crippen molar-refractivity contribution in [2.75, 3.05) is 23.3 Å². The summed E-state index contributed by atoms with van der Waals surface area (Å²) in [7, 11) is 0. The molecule has 0 bridgehead atoms. The van der Waals surface area contributed by atoms with Crippen LogP contribution in [0.5, 0.6) is 0 Å². The number of aromatic amines is 1. The zero-order valence-electron chi connectivity index (χ0n) is 13.6. The summed E-state index contributed by atoms with van der Waals surface area (Å²) in [6.07, 6.45) is 3.61. The van der Waals surface area contributed by atoms with Crippen LogP contribution < -0.4 is 10.2 Å². The van der Waals surface area contributed by atoms with Gasteiger partial charge >= 0.3 is 0 Å². The second-order valence-electron chi connectivity index (χ2n) is 6.22. The van der Waals surface area contributed by atoms with Crippen molar-refractivity contribution in [3.63, 3.8) is 0 Å². The molecular formula is C18H18ClN5O. The van der Waals surface area contributed by atoms with Crippen LogP contribution in [0, 0.1) is 5.92 Å². The van der Waals surface area contributed by atoms with Gasteiger partial charge in [-0.2, -0.15) is 5.10 Å². The number of piperidine rings is 1. The summed E-state index contributed by atoms with van der Waals surface area (Å²) in [6.45, 7) is 1.58. The average molecular weight is 356 g/mol. The molecule has 6 nitrogen and oxygen atoms in total. The van der Waals surface area contributed by atoms with E-state index in [0.717, 1.165) is 36.1 Å². The molecule has 0 spiro atoms. The largest absolute Gasteiger partial charge is 0.356 e. The van der Waals surface area contributed by atoms with Crippen molar-refractivity contribution in [1.82, 2.24) is 15.2 Å². The van der Waals surface area contributed by atoms with Gasteiger partial charge in [0.15, 0.2) is 5.82 Å². The molecule has 1 atom stereocenters. The molecule has 25 heavy (non-hydrogen) atoms. The Labute approximate surface area is 150 Å². The predicted octanol–water partition coefficient (Wildman–Crippen LogP) is 3.47. The zero-order valence-corrected chi connectivity index (χ0v) is 14.3. The molecule has 1 aliphatic heterocycles. The SMILES string of the molecule is O=C(Nc1n[nH]c2cc(Cl)ccc12)C1CCCN(c2ccccn2)C1. The molecule has 7 heteroatoms. The molecule has 0 radical (unpaired) electrons. The maximum atomic E-state index is 12.7. The minimum Gasteiger partial charge on any atom is -0.356 e. The lowest BCUT2D eigenvalue weighted by atomic mass is 9.97. The number of fused-ring (bicyclic) bond motifs is 1. The first kappa shape index (κ1) is 15.9. The van der Waals surface area contributed by atoms with Gasteiger partial charge in [0, 0.05) is 29.7 Å². The van der Waals surface area contributed by atoms with Gasteiger partial charge in [-0.25, -0.2) is 4.98 Å². The van der Waals surface area contributed by atoms with Crippen LogP contribution in [0.4, 0.5) is 11.6 Å². The molecular weight excluding hydrogens is 338 g/mol. The number of aromatic nitrogens is 3. The minimum atomic E-state index is -0.0881. The Balaban J connectivity index is 1.48. The molecule has 3 aromatic rings. The maximum Gasteiger partial charge on any atom is 0.230 e. The molecule has 2 aromatic heterocycles. The molecule has 128 valence electrons. The summed E-state index contributed by atoms with van der Waals surface area (Å²) < 4.78 is 0. The second-order valence-corrected chi connectivity index (χ2v) is 6.66. The number of amides is 1. The van der Waals surface area contributed by atoms with E-state index < -0.39 is 0 Å². The van der Waals surface area contributed by atoms with Crippen molar-refractivity contribution in [3.05, 3.63) is 47.6 Å². The van der Waals surface area contributed by atoms with Crippen LogP contribution in [0.3, 0.4) is 0 Å². The number of pyridine rings is 1. The van der Waals surface area contributed by atoms with Crippen LogP contribution in [0.2, 0.25) is 5.02 Å². The monoisotopic (exact) mass is 355 g/mol. The van der Waals surface area contributed by atoms with Crippen molar-refractivity contribution in [2.24, 2.45) is 5.92 Å². The number of hydrogen-bond donors (Lipinski definition) is 2. The first-order valence-corrected chi connectivity index (χ1v) is 8.69. The number of carbonyl (C=O) groups is 1. The summed E-state index contributed by atoms with van der Waals surface area (Å²) in [5.74, 6) is 1.37. The van der Waals surface area contributed by atoms with Crippen molar-refractivity contribution >= 4 is 40.0 Å². The number of benzene rings is 1. The van der Waals surface area contributed by atoms with Gasteiger partial charge in [-0.3, -0.25) is 9.89 Å². The highest BCUT2D eigenvalue weighted by atomic mass is 35.5. The van der Waals surface area contributed by atoms with E-state index in [0.29, 0.717) is 17.4 Å². The summed E-state index contributed by atoms with van der Waals surface area (Å²) in [5, 5.41) is 11.6. The molecule has 0 aliphatic carbocycles. The fourth-order valence-corrected chi connectivity index (χ4v) is 3.42. The lowest BCUT2D eigenvalue weighted by molar-refractivity contribution is -0.120. The van der Waals surface area contributed by atoms with Gasteiger partial charge in [-0.05, 0) is 43.2 Å². The molecule has 1 aliphatic rings. The first-order chi connectivity index (χ1) is 12.2. The number of nitrogens with one attached hydrogen (secondary N) is 2. The van der Waals surface area contributed by atoms with Crippen LogP contribution in [0.15, 0.2) is 42.6 Å². The summed E-state index contributed by atoms with van der Waals surface area (Å²) in [4.78, 5) is 19.3. The van der Waals surface area contributed by atoms with Crippen molar-refractivity contribution < 1.29 is 4.79 Å². The number of hydrogen-bond acceptors (Lipinski definition) is 4. The van der Waals surface area contributed by atoms with Gasteiger partial charge in [0.25, 0.3) is 0 Å². The Kier molecular flexibility index (Phi) is 4.28. The van der Waals surface area contributed by atoms with Crippen LogP contribution in [-0.4, -0.2) is 34.2 Å². The first-order valence-electron chi connectivity index (χ1n) is 8.31. The molecule has 1 amide bonds. The normalized spacial score (nSPS) is 17.6. The van der Waals surface area contributed by atoms with E-state index in [9.17, 15) is 4.79 Å². The smallest absolute Gasteiger partial charge is 0.230 e. The third-order valence-corrected chi connectivity index (χ3v) is 4.77. The average Bonchev–Trinajstić information content (AvgIpc) is 3.04. The third kappa shape index (κ3) is 3.30. The van der Waals surface area contributed by atoms with E-state index in [1.165, 1.54) is 0 Å². The van der Waals surface area contributed by atoms with Gasteiger partial charge in [0.1, 0.15) is 5.82 Å². The third-order valence-electron chi connectivity index (χ3n) is 4.53. The summed E-state index contributed by atoms with van der Waals surface area (Å²) >= 11 is 5.98. The van der Waals surface area contributed by atoms with Crippen molar-refractivity contribution in [3.8, 4) is 0 Å². The van der Waals surface area contributed by atoms with E-state index in [1.54, 1.807) is 18.3 Å². The standard InChI is InChI=1S/C18H18ClN5O/c19-13-6-7-14-15(10-13)22-23-17(14)21-18(25)12-4-3-9-24(11-12)16-5-1-2-8-20-16/h1-2,5-8,10,12H,3-4,9,11H2,(H2,21,22,23,25). The Morgan fingerprint density at radius 3 is 3.08 bits per heavy atom. The van der Waals surface area contributed by atoms with E-state index in [-0.39, 0.29) is 11.8 Å². The van der Waals surface area contributed by atoms with Crippen LogP contribution >= 0.6 is 11.6 Å². The quantitative estimate of drug-likeness (QED) is 0.754. The van der Waals surface area contributed by atoms with E-state index in [4.69, 9.17) is 11.6 Å². The lowest BCUT2D eigenvalue weighted by Gasteiger charge is -2.32. The van der Waals surface area contributed by atoms with E-state index in [2.05, 4.69) is 25.4 Å². The fraction of sp³-hybridized carbons (Fsp3) is 0.278. The Bertz CT molecular complexity index is 895. The van der Waals surface area contributed by atoms with Gasteiger partial charge in [-0.1, -0.05) is 17.7 Å². The topological polar surface area (TPSA) is 73.9 Å².